The number of aromatic nitrogens is 2. The lowest BCUT2D eigenvalue weighted by Gasteiger charge is -2.22. The first-order valence-electron chi connectivity index (χ1n) is 12.5. The molecule has 1 fully saturated rings. The monoisotopic (exact) mass is 482 g/mol. The maximum Gasteiger partial charge on any atom is 0.338 e. The molecule has 0 bridgehead atoms. The standard InChI is InChI=1S/C30H30N2O4/c1-34-30(33)25-19-28(32-27-15-16-31-20-26(25)27)24-13-11-23(12-14-24)22-9-7-21(8-10-22)5-4-18-36-29-6-2-3-17-35-29/h7-16,19-20,29H,2-6,17-18H2,1H3. The van der Waals surface area contributed by atoms with Crippen LogP contribution in [0.5, 0.6) is 0 Å². The van der Waals surface area contributed by atoms with Crippen LogP contribution >= 0.6 is 0 Å². The molecule has 0 spiro atoms. The number of nitrogens with zero attached hydrogens (tertiary/aromatic N) is 2. The van der Waals surface area contributed by atoms with Crippen LogP contribution in [0.4, 0.5) is 0 Å². The first-order valence-corrected chi connectivity index (χ1v) is 12.5. The highest BCUT2D eigenvalue weighted by Crippen LogP contribution is 2.28. The maximum atomic E-state index is 12.3. The van der Waals surface area contributed by atoms with Gasteiger partial charge in [0.15, 0.2) is 6.29 Å². The van der Waals surface area contributed by atoms with E-state index in [-0.39, 0.29) is 6.29 Å². The maximum absolute atomic E-state index is 12.3. The smallest absolute Gasteiger partial charge is 0.338 e. The zero-order valence-electron chi connectivity index (χ0n) is 20.5. The number of benzene rings is 2. The second-order valence-electron chi connectivity index (χ2n) is 8.98. The minimum Gasteiger partial charge on any atom is -0.465 e. The minimum atomic E-state index is -0.401. The summed E-state index contributed by atoms with van der Waals surface area (Å²) in [6, 6.07) is 20.5. The molecule has 1 saturated heterocycles. The van der Waals surface area contributed by atoms with Crippen molar-refractivity contribution in [1.82, 2.24) is 9.97 Å². The van der Waals surface area contributed by atoms with E-state index in [1.807, 2.05) is 12.1 Å². The summed E-state index contributed by atoms with van der Waals surface area (Å²) >= 11 is 0. The van der Waals surface area contributed by atoms with Crippen molar-refractivity contribution in [3.05, 3.63) is 84.2 Å². The summed E-state index contributed by atoms with van der Waals surface area (Å²) in [6.45, 7) is 1.54. The van der Waals surface area contributed by atoms with Gasteiger partial charge >= 0.3 is 5.97 Å². The highest BCUT2D eigenvalue weighted by atomic mass is 16.7. The molecule has 3 heterocycles. The molecule has 0 radical (unpaired) electrons. The Morgan fingerprint density at radius 2 is 1.75 bits per heavy atom. The third kappa shape index (κ3) is 5.61. The molecular weight excluding hydrogens is 452 g/mol. The number of rotatable bonds is 8. The molecule has 0 aliphatic carbocycles. The van der Waals surface area contributed by atoms with Crippen LogP contribution in [-0.2, 0) is 20.6 Å². The van der Waals surface area contributed by atoms with Crippen LogP contribution in [0.25, 0.3) is 33.3 Å². The highest BCUT2D eigenvalue weighted by Gasteiger charge is 2.15. The molecule has 1 aliphatic heterocycles. The van der Waals surface area contributed by atoms with Gasteiger partial charge in [-0.2, -0.15) is 0 Å². The van der Waals surface area contributed by atoms with Crippen LogP contribution in [0.1, 0.15) is 41.6 Å². The van der Waals surface area contributed by atoms with E-state index in [1.165, 1.54) is 19.1 Å². The minimum absolute atomic E-state index is 0.0158. The Bertz CT molecular complexity index is 1310. The van der Waals surface area contributed by atoms with Crippen molar-refractivity contribution in [1.29, 1.82) is 0 Å². The first-order chi connectivity index (χ1) is 17.7. The number of fused-ring (bicyclic) bond motifs is 1. The van der Waals surface area contributed by atoms with Crippen molar-refractivity contribution in [2.24, 2.45) is 0 Å². The molecule has 4 aromatic rings. The second kappa shape index (κ2) is 11.4. The molecule has 1 unspecified atom stereocenters. The van der Waals surface area contributed by atoms with E-state index in [9.17, 15) is 4.79 Å². The molecular formula is C30H30N2O4. The Kier molecular flexibility index (Phi) is 7.64. The van der Waals surface area contributed by atoms with Crippen LogP contribution in [0.15, 0.2) is 73.1 Å². The fraction of sp³-hybridized carbons (Fsp3) is 0.300. The van der Waals surface area contributed by atoms with Gasteiger partial charge in [0.2, 0.25) is 0 Å². The third-order valence-corrected chi connectivity index (χ3v) is 6.53. The van der Waals surface area contributed by atoms with Crippen molar-refractivity contribution in [3.63, 3.8) is 0 Å². The lowest BCUT2D eigenvalue weighted by atomic mass is 9.99. The van der Waals surface area contributed by atoms with Gasteiger partial charge in [0.1, 0.15) is 0 Å². The summed E-state index contributed by atoms with van der Waals surface area (Å²) in [5.74, 6) is -0.401. The van der Waals surface area contributed by atoms with E-state index in [4.69, 9.17) is 19.2 Å². The van der Waals surface area contributed by atoms with Crippen LogP contribution < -0.4 is 0 Å². The molecule has 0 saturated carbocycles. The van der Waals surface area contributed by atoms with Gasteiger partial charge < -0.3 is 14.2 Å². The van der Waals surface area contributed by atoms with Crippen LogP contribution in [0, 0.1) is 0 Å². The molecule has 1 atom stereocenters. The van der Waals surface area contributed by atoms with Gasteiger partial charge in [-0.1, -0.05) is 48.5 Å². The zero-order chi connectivity index (χ0) is 24.7. The largest absolute Gasteiger partial charge is 0.465 e. The summed E-state index contributed by atoms with van der Waals surface area (Å²) < 4.78 is 16.4. The normalized spacial score (nSPS) is 15.6. The van der Waals surface area contributed by atoms with Crippen LogP contribution in [0.3, 0.4) is 0 Å². The quantitative estimate of drug-likeness (QED) is 0.219. The molecule has 36 heavy (non-hydrogen) atoms. The number of carbonyl (C=O) groups excluding carboxylic acids is 1. The van der Waals surface area contributed by atoms with E-state index in [2.05, 4.69) is 41.4 Å². The number of esters is 1. The van der Waals surface area contributed by atoms with Gasteiger partial charge in [-0.25, -0.2) is 9.78 Å². The average Bonchev–Trinajstić information content (AvgIpc) is 2.95. The second-order valence-corrected chi connectivity index (χ2v) is 8.98. The van der Waals surface area contributed by atoms with E-state index in [0.717, 1.165) is 61.3 Å². The fourth-order valence-electron chi connectivity index (χ4n) is 4.53. The number of pyridine rings is 2. The van der Waals surface area contributed by atoms with Gasteiger partial charge in [0.05, 0.1) is 30.5 Å². The van der Waals surface area contributed by atoms with Gasteiger partial charge in [0, 0.05) is 30.0 Å². The number of ether oxygens (including phenoxy) is 3. The Hall–Kier alpha value is -3.61. The Morgan fingerprint density at radius 1 is 1.00 bits per heavy atom. The van der Waals surface area contributed by atoms with Gasteiger partial charge in [0.25, 0.3) is 0 Å². The number of hydrogen-bond donors (Lipinski definition) is 0. The number of aryl methyl sites for hydroxylation is 1. The summed E-state index contributed by atoms with van der Waals surface area (Å²) in [5, 5.41) is 0.679. The molecule has 184 valence electrons. The predicted octanol–water partition coefficient (Wildman–Crippen LogP) is 6.23. The molecule has 6 heteroatoms. The molecule has 2 aromatic carbocycles. The lowest BCUT2D eigenvalue weighted by molar-refractivity contribution is -0.162. The van der Waals surface area contributed by atoms with Gasteiger partial charge in [-0.3, -0.25) is 4.98 Å². The van der Waals surface area contributed by atoms with E-state index < -0.39 is 5.97 Å². The summed E-state index contributed by atoms with van der Waals surface area (Å²) in [7, 11) is 1.38. The molecule has 0 amide bonds. The highest BCUT2D eigenvalue weighted by molar-refractivity contribution is 6.04. The van der Waals surface area contributed by atoms with Gasteiger partial charge in [-0.15, -0.1) is 0 Å². The first kappa shape index (κ1) is 24.1. The van der Waals surface area contributed by atoms with Crippen molar-refractivity contribution in [3.8, 4) is 22.4 Å². The van der Waals surface area contributed by atoms with E-state index in [0.29, 0.717) is 16.5 Å². The van der Waals surface area contributed by atoms with Crippen LogP contribution in [0.2, 0.25) is 0 Å². The van der Waals surface area contributed by atoms with Crippen molar-refractivity contribution < 1.29 is 19.0 Å². The number of hydrogen-bond acceptors (Lipinski definition) is 6. The molecule has 2 aromatic heterocycles. The van der Waals surface area contributed by atoms with Crippen molar-refractivity contribution >= 4 is 16.9 Å². The zero-order valence-corrected chi connectivity index (χ0v) is 20.5. The summed E-state index contributed by atoms with van der Waals surface area (Å²) in [4.78, 5) is 21.2. The van der Waals surface area contributed by atoms with E-state index >= 15 is 0 Å². The average molecular weight is 483 g/mol. The number of methoxy groups -OCH3 is 1. The molecule has 6 nitrogen and oxygen atoms in total. The molecule has 1 aliphatic rings. The summed E-state index contributed by atoms with van der Waals surface area (Å²) in [5.41, 5.74) is 6.40. The fourth-order valence-corrected chi connectivity index (χ4v) is 4.53. The predicted molar refractivity (Wildman–Crippen MR) is 140 cm³/mol. The number of carbonyl (C=O) groups is 1. The molecule has 0 N–H and O–H groups in total. The Balaban J connectivity index is 1.25. The van der Waals surface area contributed by atoms with Crippen molar-refractivity contribution in [2.45, 2.75) is 38.4 Å². The Labute approximate surface area is 211 Å². The molecule has 5 rings (SSSR count). The van der Waals surface area contributed by atoms with Gasteiger partial charge in [-0.05, 0) is 60.9 Å². The van der Waals surface area contributed by atoms with Crippen LogP contribution in [-0.4, -0.2) is 42.6 Å². The summed E-state index contributed by atoms with van der Waals surface area (Å²) in [6.07, 6.45) is 8.61. The third-order valence-electron chi connectivity index (χ3n) is 6.53. The SMILES string of the molecule is COC(=O)c1cc(-c2ccc(-c3ccc(CCCOC4CCCCO4)cc3)cc2)nc2ccncc12. The Morgan fingerprint density at radius 3 is 2.47 bits per heavy atom. The lowest BCUT2D eigenvalue weighted by Crippen LogP contribution is -2.22. The van der Waals surface area contributed by atoms with E-state index in [1.54, 1.807) is 24.5 Å². The van der Waals surface area contributed by atoms with Crippen molar-refractivity contribution in [2.75, 3.05) is 20.3 Å². The topological polar surface area (TPSA) is 70.5 Å².